The van der Waals surface area contributed by atoms with Gasteiger partial charge in [0.25, 0.3) is 0 Å². The summed E-state index contributed by atoms with van der Waals surface area (Å²) < 4.78 is 5.05. The molecule has 408 valence electrons. The van der Waals surface area contributed by atoms with Crippen LogP contribution in [0.4, 0.5) is 0 Å². The second-order valence-corrected chi connectivity index (χ2v) is 26.6. The minimum absolute atomic E-state index is 1.11. The molecule has 3 heteroatoms. The Balaban J connectivity index is 0.990. The van der Waals surface area contributed by atoms with E-state index in [1.54, 1.807) is 0 Å². The number of para-hydroxylation sites is 1. The molecule has 0 aliphatic heterocycles. The average Bonchev–Trinajstić information content (AvgIpc) is 1.91. The van der Waals surface area contributed by atoms with E-state index < -0.39 is 8.07 Å². The third-order valence-electron chi connectivity index (χ3n) is 17.8. The molecule has 0 unspecified atom stereocenters. The summed E-state index contributed by atoms with van der Waals surface area (Å²) in [5, 5.41) is 10.1. The predicted molar refractivity (Wildman–Crippen MR) is 371 cm³/mol. The van der Waals surface area contributed by atoms with Crippen LogP contribution in [-0.4, -0.2) is 17.2 Å². The van der Waals surface area contributed by atoms with Crippen LogP contribution in [0.25, 0.3) is 122 Å². The largest absolute Gasteiger partial charge is 0.309 e. The number of fused-ring (bicyclic) bond motifs is 6. The van der Waals surface area contributed by atoms with Crippen LogP contribution >= 0.6 is 0 Å². The minimum Gasteiger partial charge on any atom is -0.309 e. The van der Waals surface area contributed by atoms with Crippen LogP contribution in [0.5, 0.6) is 0 Å². The highest BCUT2D eigenvalue weighted by Crippen LogP contribution is 2.44. The normalized spacial score (nSPS) is 11.7. The molecular weight excluding hydrogens is 1070 g/mol. The Morgan fingerprint density at radius 3 is 0.966 bits per heavy atom. The summed E-state index contributed by atoms with van der Waals surface area (Å²) in [6.45, 7) is 0. The van der Waals surface area contributed by atoms with Crippen molar-refractivity contribution >= 4 is 72.4 Å². The third-order valence-corrected chi connectivity index (χ3v) is 22.5. The SMILES string of the molecule is c1ccc(-c2cc(-c3ccccc3)cc([Si](c3ccccc3)(c3ccccc3)c3cc(-c4ccccc4)c(-n4c5ccccc5c5cc(-n6c7ccc(-c8ccccc8)cc7c7cc(-c8ccccc8)ccc76)ccc54)c(-c4ccccc4)c3)c2)cc1. The van der Waals surface area contributed by atoms with Gasteiger partial charge in [-0.3, -0.25) is 0 Å². The first-order valence-electron chi connectivity index (χ1n) is 30.1. The van der Waals surface area contributed by atoms with Gasteiger partial charge in [0.2, 0.25) is 0 Å². The van der Waals surface area contributed by atoms with Gasteiger partial charge in [0.15, 0.2) is 8.07 Å². The van der Waals surface area contributed by atoms with Crippen LogP contribution in [0.3, 0.4) is 0 Å². The molecule has 0 saturated carbocycles. The van der Waals surface area contributed by atoms with Gasteiger partial charge in [-0.2, -0.15) is 0 Å². The molecule has 87 heavy (non-hydrogen) atoms. The quantitative estimate of drug-likeness (QED) is 0.0852. The Morgan fingerprint density at radius 2 is 0.517 bits per heavy atom. The van der Waals surface area contributed by atoms with Crippen molar-refractivity contribution in [3.63, 3.8) is 0 Å². The number of hydrogen-bond acceptors (Lipinski definition) is 0. The van der Waals surface area contributed by atoms with Gasteiger partial charge >= 0.3 is 0 Å². The molecule has 0 spiro atoms. The monoisotopic (exact) mass is 1120 g/mol. The zero-order valence-corrected chi connectivity index (χ0v) is 48.9. The molecule has 14 aromatic carbocycles. The number of rotatable bonds is 12. The molecule has 2 heterocycles. The predicted octanol–water partition coefficient (Wildman–Crippen LogP) is 19.3. The lowest BCUT2D eigenvalue weighted by atomic mass is 9.95. The van der Waals surface area contributed by atoms with Crippen LogP contribution in [0.1, 0.15) is 0 Å². The smallest absolute Gasteiger partial charge is 0.179 e. The Labute approximate surface area is 508 Å². The molecule has 16 aromatic rings. The molecule has 2 aromatic heterocycles. The highest BCUT2D eigenvalue weighted by Gasteiger charge is 2.43. The molecule has 0 saturated heterocycles. The zero-order valence-electron chi connectivity index (χ0n) is 47.9. The van der Waals surface area contributed by atoms with Crippen LogP contribution in [0, 0.1) is 0 Å². The van der Waals surface area contributed by atoms with E-state index in [9.17, 15) is 0 Å². The Bertz CT molecular complexity index is 4900. The van der Waals surface area contributed by atoms with Gasteiger partial charge in [-0.25, -0.2) is 0 Å². The maximum Gasteiger partial charge on any atom is 0.179 e. The Morgan fingerprint density at radius 1 is 0.184 bits per heavy atom. The Hall–Kier alpha value is -11.1. The Kier molecular flexibility index (Phi) is 12.9. The summed E-state index contributed by atoms with van der Waals surface area (Å²) in [6.07, 6.45) is 0. The van der Waals surface area contributed by atoms with E-state index in [1.165, 1.54) is 97.8 Å². The zero-order chi connectivity index (χ0) is 57.7. The maximum absolute atomic E-state index is 3.31. The highest BCUT2D eigenvalue weighted by molar-refractivity contribution is 7.20. The molecule has 0 fully saturated rings. The average molecular weight is 1120 g/mol. The van der Waals surface area contributed by atoms with Crippen LogP contribution in [-0.2, 0) is 0 Å². The van der Waals surface area contributed by atoms with Crippen molar-refractivity contribution in [3.05, 3.63) is 352 Å². The van der Waals surface area contributed by atoms with E-state index >= 15 is 0 Å². The number of benzene rings is 14. The highest BCUT2D eigenvalue weighted by atomic mass is 28.3. The van der Waals surface area contributed by atoms with Crippen molar-refractivity contribution in [3.8, 4) is 78.1 Å². The first-order chi connectivity index (χ1) is 43.2. The van der Waals surface area contributed by atoms with E-state index in [0.717, 1.165) is 44.7 Å². The summed E-state index contributed by atoms with van der Waals surface area (Å²) >= 11 is 0. The van der Waals surface area contributed by atoms with Gasteiger partial charge in [0.1, 0.15) is 0 Å². The molecule has 0 radical (unpaired) electrons. The van der Waals surface area contributed by atoms with E-state index in [1.807, 2.05) is 0 Å². The van der Waals surface area contributed by atoms with E-state index in [0.29, 0.717) is 0 Å². The summed E-state index contributed by atoms with van der Waals surface area (Å²) in [5.41, 5.74) is 21.1. The van der Waals surface area contributed by atoms with Crippen molar-refractivity contribution in [1.29, 1.82) is 0 Å². The summed E-state index contributed by atoms with van der Waals surface area (Å²) in [6, 6.07) is 131. The molecule has 16 rings (SSSR count). The maximum atomic E-state index is 2.58. The van der Waals surface area contributed by atoms with Gasteiger partial charge in [-0.15, -0.1) is 0 Å². The summed E-state index contributed by atoms with van der Waals surface area (Å²) in [4.78, 5) is 0. The summed E-state index contributed by atoms with van der Waals surface area (Å²) in [7, 11) is -3.31. The van der Waals surface area contributed by atoms with Crippen LogP contribution in [0.2, 0.25) is 0 Å². The molecule has 0 bridgehead atoms. The van der Waals surface area contributed by atoms with Crippen molar-refractivity contribution in [2.75, 3.05) is 0 Å². The fourth-order valence-corrected chi connectivity index (χ4v) is 18.7. The molecule has 0 amide bonds. The molecule has 0 atom stereocenters. The van der Waals surface area contributed by atoms with Crippen LogP contribution in [0.15, 0.2) is 352 Å². The van der Waals surface area contributed by atoms with E-state index in [2.05, 4.69) is 361 Å². The molecule has 0 aliphatic rings. The van der Waals surface area contributed by atoms with Gasteiger partial charge in [-0.1, -0.05) is 297 Å². The van der Waals surface area contributed by atoms with Crippen molar-refractivity contribution in [2.45, 2.75) is 0 Å². The number of aromatic nitrogens is 2. The fraction of sp³-hybridized carbons (Fsp3) is 0. The van der Waals surface area contributed by atoms with Crippen molar-refractivity contribution in [1.82, 2.24) is 9.13 Å². The van der Waals surface area contributed by atoms with Gasteiger partial charge < -0.3 is 9.13 Å². The second-order valence-electron chi connectivity index (χ2n) is 22.8. The molecule has 0 N–H and O–H groups in total. The standard InChI is InChI=1S/C84H58N2Si/c1-9-27-59(28-10-1)65-45-48-81-77(54-65)78-55-66(60-29-11-2-12-30-60)46-49-82(78)85(81)69-47-50-83-79(56-69)74-43-25-26-44-80(74)86(83)84-75(63-35-17-5-18-36-63)57-73(58-76(84)64-37-19-6-20-38-64)87(70-39-21-7-22-40-70,71-41-23-8-24-42-71)72-52-67(61-31-13-3-14-32-61)51-68(53-72)62-33-15-4-16-34-62/h1-58H. The fourth-order valence-electron chi connectivity index (χ4n) is 13.8. The molecule has 0 aliphatic carbocycles. The number of nitrogens with zero attached hydrogens (tertiary/aromatic N) is 2. The van der Waals surface area contributed by atoms with Gasteiger partial charge in [0, 0.05) is 38.4 Å². The molecule has 2 nitrogen and oxygen atoms in total. The van der Waals surface area contributed by atoms with E-state index in [4.69, 9.17) is 0 Å². The second kappa shape index (κ2) is 21.8. The lowest BCUT2D eigenvalue weighted by Gasteiger charge is -2.36. The third kappa shape index (κ3) is 8.95. The van der Waals surface area contributed by atoms with Gasteiger partial charge in [-0.05, 0) is 131 Å². The lowest BCUT2D eigenvalue weighted by molar-refractivity contribution is 1.17. The minimum atomic E-state index is -3.31. The van der Waals surface area contributed by atoms with Crippen molar-refractivity contribution in [2.24, 2.45) is 0 Å². The number of hydrogen-bond donors (Lipinski definition) is 0. The first kappa shape index (κ1) is 51.5. The topological polar surface area (TPSA) is 9.86 Å². The van der Waals surface area contributed by atoms with E-state index in [-0.39, 0.29) is 0 Å². The van der Waals surface area contributed by atoms with Crippen molar-refractivity contribution < 1.29 is 0 Å². The lowest BCUT2D eigenvalue weighted by Crippen LogP contribution is -2.74. The summed E-state index contributed by atoms with van der Waals surface area (Å²) in [5.74, 6) is 0. The van der Waals surface area contributed by atoms with Crippen LogP contribution < -0.4 is 20.7 Å². The van der Waals surface area contributed by atoms with Gasteiger partial charge in [0.05, 0.1) is 27.8 Å². The molecular formula is C84H58N2Si. The first-order valence-corrected chi connectivity index (χ1v) is 32.1.